The molecule has 0 unspecified atom stereocenters. The summed E-state index contributed by atoms with van der Waals surface area (Å²) in [6.07, 6.45) is 8.30. The van der Waals surface area contributed by atoms with E-state index >= 15 is 0 Å². The van der Waals surface area contributed by atoms with Gasteiger partial charge in [0.05, 0.1) is 5.69 Å². The Labute approximate surface area is 188 Å². The first-order valence-corrected chi connectivity index (χ1v) is 11.8. The van der Waals surface area contributed by atoms with E-state index in [0.29, 0.717) is 18.2 Å². The van der Waals surface area contributed by atoms with Crippen LogP contribution in [0.5, 0.6) is 0 Å². The van der Waals surface area contributed by atoms with Crippen LogP contribution < -0.4 is 0 Å². The van der Waals surface area contributed by atoms with Crippen molar-refractivity contribution >= 4 is 22.5 Å². The maximum atomic E-state index is 12.2. The molecule has 1 fully saturated rings. The van der Waals surface area contributed by atoms with Crippen molar-refractivity contribution in [1.82, 2.24) is 24.5 Å². The van der Waals surface area contributed by atoms with Crippen molar-refractivity contribution < 1.29 is 4.79 Å². The molecule has 1 saturated heterocycles. The highest BCUT2D eigenvalue weighted by atomic mass is 16.2. The summed E-state index contributed by atoms with van der Waals surface area (Å²) in [5, 5.41) is 5.65. The van der Waals surface area contributed by atoms with Crippen LogP contribution in [-0.4, -0.2) is 43.5 Å². The van der Waals surface area contributed by atoms with Crippen LogP contribution in [0, 0.1) is 6.92 Å². The van der Waals surface area contributed by atoms with Crippen LogP contribution >= 0.6 is 0 Å². The molecule has 0 bridgehead atoms. The van der Waals surface area contributed by atoms with Crippen molar-refractivity contribution in [2.24, 2.45) is 0 Å². The molecule has 1 N–H and O–H groups in total. The van der Waals surface area contributed by atoms with Gasteiger partial charge < -0.3 is 9.88 Å². The number of piperidine rings is 1. The van der Waals surface area contributed by atoms with Crippen molar-refractivity contribution in [3.63, 3.8) is 0 Å². The summed E-state index contributed by atoms with van der Waals surface area (Å²) in [7, 11) is 0. The van der Waals surface area contributed by atoms with Crippen LogP contribution in [0.2, 0.25) is 0 Å². The molecule has 3 aromatic heterocycles. The number of aromatic amines is 1. The second kappa shape index (κ2) is 8.41. The minimum Gasteiger partial charge on any atom is -0.354 e. The SMILES string of the molecule is CCCC(=O)N1CCC(c2ccc3[nH]c(-c4cc(C)c5ncnn5c4)c(CC)c3c2)CC1. The minimum atomic E-state index is 0.310. The van der Waals surface area contributed by atoms with Gasteiger partial charge in [-0.3, -0.25) is 4.79 Å². The predicted molar refractivity (Wildman–Crippen MR) is 128 cm³/mol. The van der Waals surface area contributed by atoms with E-state index in [4.69, 9.17) is 0 Å². The Morgan fingerprint density at radius 2 is 2.00 bits per heavy atom. The van der Waals surface area contributed by atoms with Gasteiger partial charge in [0.15, 0.2) is 5.65 Å². The molecule has 6 heteroatoms. The molecule has 1 aliphatic rings. The largest absolute Gasteiger partial charge is 0.354 e. The van der Waals surface area contributed by atoms with Crippen LogP contribution in [0.15, 0.2) is 36.8 Å². The summed E-state index contributed by atoms with van der Waals surface area (Å²) in [6.45, 7) is 8.12. The van der Waals surface area contributed by atoms with Crippen molar-refractivity contribution in [3.05, 3.63) is 53.5 Å². The van der Waals surface area contributed by atoms with Crippen molar-refractivity contribution in [2.75, 3.05) is 13.1 Å². The summed E-state index contributed by atoms with van der Waals surface area (Å²) >= 11 is 0. The van der Waals surface area contributed by atoms with E-state index in [9.17, 15) is 4.79 Å². The van der Waals surface area contributed by atoms with Gasteiger partial charge in [-0.05, 0) is 73.4 Å². The van der Waals surface area contributed by atoms with Gasteiger partial charge in [0.2, 0.25) is 5.91 Å². The molecule has 5 rings (SSSR count). The van der Waals surface area contributed by atoms with E-state index in [0.717, 1.165) is 55.5 Å². The molecule has 1 aliphatic heterocycles. The first kappa shape index (κ1) is 20.7. The first-order valence-electron chi connectivity index (χ1n) is 11.8. The van der Waals surface area contributed by atoms with Gasteiger partial charge in [-0.2, -0.15) is 5.10 Å². The molecule has 1 aromatic carbocycles. The average molecular weight is 430 g/mol. The maximum absolute atomic E-state index is 12.2. The number of hydrogen-bond acceptors (Lipinski definition) is 3. The molecule has 166 valence electrons. The van der Waals surface area contributed by atoms with Crippen LogP contribution in [0.4, 0.5) is 0 Å². The number of aromatic nitrogens is 4. The maximum Gasteiger partial charge on any atom is 0.222 e. The van der Waals surface area contributed by atoms with Gasteiger partial charge in [-0.25, -0.2) is 9.50 Å². The fraction of sp³-hybridized carbons (Fsp3) is 0.423. The van der Waals surface area contributed by atoms with Crippen LogP contribution in [-0.2, 0) is 11.2 Å². The van der Waals surface area contributed by atoms with Crippen molar-refractivity contribution in [3.8, 4) is 11.3 Å². The number of carbonyl (C=O) groups excluding carboxylic acids is 1. The standard InChI is InChI=1S/C26H31N5O/c1-4-6-24(32)30-11-9-18(10-12-30)19-7-8-23-22(14-19)21(5-2)25(29-23)20-13-17(3)26-27-16-28-31(26)15-20/h7-8,13-16,18,29H,4-6,9-12H2,1-3H3. The highest BCUT2D eigenvalue weighted by Crippen LogP contribution is 2.35. The highest BCUT2D eigenvalue weighted by molar-refractivity contribution is 5.91. The number of pyridine rings is 1. The molecular weight excluding hydrogens is 398 g/mol. The number of nitrogens with one attached hydrogen (secondary N) is 1. The zero-order valence-electron chi connectivity index (χ0n) is 19.2. The number of likely N-dealkylation sites (tertiary alicyclic amines) is 1. The number of benzene rings is 1. The topological polar surface area (TPSA) is 66.3 Å². The third-order valence-electron chi connectivity index (χ3n) is 6.91. The van der Waals surface area contributed by atoms with Gasteiger partial charge in [0.25, 0.3) is 0 Å². The number of hydrogen-bond donors (Lipinski definition) is 1. The molecule has 6 nitrogen and oxygen atoms in total. The minimum absolute atomic E-state index is 0.310. The highest BCUT2D eigenvalue weighted by Gasteiger charge is 2.24. The lowest BCUT2D eigenvalue weighted by Gasteiger charge is -2.32. The Bertz CT molecular complexity index is 1280. The molecule has 4 heterocycles. The lowest BCUT2D eigenvalue weighted by Crippen LogP contribution is -2.37. The van der Waals surface area contributed by atoms with Gasteiger partial charge in [0, 0.05) is 42.2 Å². The molecule has 0 saturated carbocycles. The quantitative estimate of drug-likeness (QED) is 0.471. The van der Waals surface area contributed by atoms with Gasteiger partial charge in [-0.1, -0.05) is 19.9 Å². The Balaban J connectivity index is 1.46. The monoisotopic (exact) mass is 429 g/mol. The van der Waals surface area contributed by atoms with E-state index < -0.39 is 0 Å². The summed E-state index contributed by atoms with van der Waals surface area (Å²) in [6, 6.07) is 9.06. The fourth-order valence-corrected chi connectivity index (χ4v) is 5.20. The zero-order chi connectivity index (χ0) is 22.2. The molecule has 0 radical (unpaired) electrons. The second-order valence-electron chi connectivity index (χ2n) is 8.98. The zero-order valence-corrected chi connectivity index (χ0v) is 19.2. The Morgan fingerprint density at radius 1 is 1.19 bits per heavy atom. The summed E-state index contributed by atoms with van der Waals surface area (Å²) in [5.41, 5.74) is 8.23. The summed E-state index contributed by atoms with van der Waals surface area (Å²) in [5.74, 6) is 0.825. The summed E-state index contributed by atoms with van der Waals surface area (Å²) in [4.78, 5) is 22.3. The molecule has 0 atom stereocenters. The van der Waals surface area contributed by atoms with Crippen molar-refractivity contribution in [1.29, 1.82) is 0 Å². The Kier molecular flexibility index (Phi) is 5.45. The molecule has 1 amide bonds. The van der Waals surface area contributed by atoms with E-state index in [-0.39, 0.29) is 0 Å². The number of rotatable bonds is 5. The van der Waals surface area contributed by atoms with Crippen LogP contribution in [0.25, 0.3) is 27.8 Å². The smallest absolute Gasteiger partial charge is 0.222 e. The van der Waals surface area contributed by atoms with E-state index in [1.165, 1.54) is 27.7 Å². The van der Waals surface area contributed by atoms with Crippen molar-refractivity contribution in [2.45, 2.75) is 58.8 Å². The van der Waals surface area contributed by atoms with E-state index in [2.05, 4.69) is 66.3 Å². The molecule has 0 aliphatic carbocycles. The third kappa shape index (κ3) is 3.57. The Hall–Kier alpha value is -3.15. The number of H-pyrrole nitrogens is 1. The number of carbonyl (C=O) groups is 1. The fourth-order valence-electron chi connectivity index (χ4n) is 5.20. The molecular formula is C26H31N5O. The lowest BCUT2D eigenvalue weighted by molar-refractivity contribution is -0.132. The second-order valence-corrected chi connectivity index (χ2v) is 8.98. The first-order chi connectivity index (χ1) is 15.6. The predicted octanol–water partition coefficient (Wildman–Crippen LogP) is 5.25. The van der Waals surface area contributed by atoms with Gasteiger partial charge in [0.1, 0.15) is 6.33 Å². The van der Waals surface area contributed by atoms with Crippen LogP contribution in [0.3, 0.4) is 0 Å². The molecule has 4 aromatic rings. The number of nitrogens with zero attached hydrogens (tertiary/aromatic N) is 4. The molecule has 0 spiro atoms. The molecule has 32 heavy (non-hydrogen) atoms. The number of fused-ring (bicyclic) bond motifs is 2. The van der Waals surface area contributed by atoms with Crippen LogP contribution in [0.1, 0.15) is 62.1 Å². The lowest BCUT2D eigenvalue weighted by atomic mass is 9.88. The van der Waals surface area contributed by atoms with Gasteiger partial charge in [-0.15, -0.1) is 0 Å². The number of aryl methyl sites for hydroxylation is 2. The third-order valence-corrected chi connectivity index (χ3v) is 6.91. The number of amides is 1. The van der Waals surface area contributed by atoms with Gasteiger partial charge >= 0.3 is 0 Å². The Morgan fingerprint density at radius 3 is 2.75 bits per heavy atom. The van der Waals surface area contributed by atoms with E-state index in [1.807, 2.05) is 9.42 Å². The average Bonchev–Trinajstić information content (AvgIpc) is 3.43. The normalized spacial score (nSPS) is 15.2. The van der Waals surface area contributed by atoms with E-state index in [1.54, 1.807) is 6.33 Å². The summed E-state index contributed by atoms with van der Waals surface area (Å²) < 4.78 is 1.86.